The van der Waals surface area contributed by atoms with E-state index in [0.717, 1.165) is 13.0 Å². The lowest BCUT2D eigenvalue weighted by Gasteiger charge is -2.17. The van der Waals surface area contributed by atoms with Crippen LogP contribution >= 0.6 is 12.4 Å². The molecule has 1 atom stereocenters. The summed E-state index contributed by atoms with van der Waals surface area (Å²) >= 11 is 0. The highest BCUT2D eigenvalue weighted by Crippen LogP contribution is 2.15. The SMILES string of the molecule is CCC(NC(=O)CCNC)c1ccccc1.Cl. The lowest BCUT2D eigenvalue weighted by atomic mass is 10.0. The standard InChI is InChI=1S/C13H20N2O.ClH/c1-3-12(11-7-5-4-6-8-11)15-13(16)9-10-14-2;/h4-8,12,14H,3,9-10H2,1-2H3,(H,15,16);1H. The molecule has 1 aromatic carbocycles. The summed E-state index contributed by atoms with van der Waals surface area (Å²) < 4.78 is 0. The van der Waals surface area contributed by atoms with Crippen LogP contribution in [0.2, 0.25) is 0 Å². The van der Waals surface area contributed by atoms with Gasteiger partial charge in [0.25, 0.3) is 0 Å². The molecule has 0 aliphatic rings. The fourth-order valence-electron chi connectivity index (χ4n) is 1.61. The zero-order valence-corrected chi connectivity index (χ0v) is 11.2. The fourth-order valence-corrected chi connectivity index (χ4v) is 1.61. The number of halogens is 1. The van der Waals surface area contributed by atoms with Gasteiger partial charge in [-0.05, 0) is 19.0 Å². The smallest absolute Gasteiger partial charge is 0.221 e. The predicted molar refractivity (Wildman–Crippen MR) is 73.4 cm³/mol. The van der Waals surface area contributed by atoms with Gasteiger partial charge in [-0.25, -0.2) is 0 Å². The molecule has 0 aromatic heterocycles. The third kappa shape index (κ3) is 5.71. The second-order valence-electron chi connectivity index (χ2n) is 3.79. The number of nitrogens with one attached hydrogen (secondary N) is 2. The second kappa shape index (κ2) is 9.02. The van der Waals surface area contributed by atoms with Crippen LogP contribution in [0, 0.1) is 0 Å². The van der Waals surface area contributed by atoms with Crippen LogP contribution in [0.4, 0.5) is 0 Å². The minimum atomic E-state index is 0. The number of carbonyl (C=O) groups excluding carboxylic acids is 1. The highest BCUT2D eigenvalue weighted by Gasteiger charge is 2.11. The Kier molecular flexibility index (Phi) is 8.46. The molecule has 0 saturated heterocycles. The molecule has 4 heteroatoms. The third-order valence-electron chi connectivity index (χ3n) is 2.55. The zero-order chi connectivity index (χ0) is 11.8. The Morgan fingerprint density at radius 3 is 2.47 bits per heavy atom. The average molecular weight is 257 g/mol. The molecule has 96 valence electrons. The van der Waals surface area contributed by atoms with Gasteiger partial charge in [-0.3, -0.25) is 4.79 Å². The van der Waals surface area contributed by atoms with Gasteiger partial charge in [-0.1, -0.05) is 37.3 Å². The minimum Gasteiger partial charge on any atom is -0.349 e. The first-order valence-corrected chi connectivity index (χ1v) is 5.76. The summed E-state index contributed by atoms with van der Waals surface area (Å²) in [4.78, 5) is 11.6. The van der Waals surface area contributed by atoms with E-state index < -0.39 is 0 Å². The first-order valence-electron chi connectivity index (χ1n) is 5.76. The maximum Gasteiger partial charge on any atom is 0.221 e. The van der Waals surface area contributed by atoms with Gasteiger partial charge in [0.1, 0.15) is 0 Å². The van der Waals surface area contributed by atoms with Crippen LogP contribution in [0.25, 0.3) is 0 Å². The largest absolute Gasteiger partial charge is 0.349 e. The molecule has 0 spiro atoms. The summed E-state index contributed by atoms with van der Waals surface area (Å²) in [5.74, 6) is 0.102. The van der Waals surface area contributed by atoms with Crippen molar-refractivity contribution in [2.75, 3.05) is 13.6 Å². The Bertz CT molecular complexity index is 316. The van der Waals surface area contributed by atoms with Gasteiger partial charge in [0, 0.05) is 13.0 Å². The highest BCUT2D eigenvalue weighted by atomic mass is 35.5. The Balaban J connectivity index is 0.00000256. The van der Waals surface area contributed by atoms with E-state index in [9.17, 15) is 4.79 Å². The van der Waals surface area contributed by atoms with E-state index in [1.54, 1.807) is 0 Å². The summed E-state index contributed by atoms with van der Waals surface area (Å²) in [5, 5.41) is 6.01. The molecule has 1 aromatic rings. The van der Waals surface area contributed by atoms with E-state index in [1.807, 2.05) is 37.4 Å². The lowest BCUT2D eigenvalue weighted by Crippen LogP contribution is -2.30. The van der Waals surface area contributed by atoms with Crippen LogP contribution in [0.3, 0.4) is 0 Å². The van der Waals surface area contributed by atoms with E-state index >= 15 is 0 Å². The van der Waals surface area contributed by atoms with Gasteiger partial charge >= 0.3 is 0 Å². The van der Waals surface area contributed by atoms with E-state index in [4.69, 9.17) is 0 Å². The van der Waals surface area contributed by atoms with Crippen molar-refractivity contribution in [1.29, 1.82) is 0 Å². The second-order valence-corrected chi connectivity index (χ2v) is 3.79. The van der Waals surface area contributed by atoms with Crippen molar-refractivity contribution >= 4 is 18.3 Å². The number of benzene rings is 1. The van der Waals surface area contributed by atoms with Crippen molar-refractivity contribution in [2.45, 2.75) is 25.8 Å². The summed E-state index contributed by atoms with van der Waals surface area (Å²) in [6.45, 7) is 2.80. The molecule has 0 fully saturated rings. The van der Waals surface area contributed by atoms with Crippen LogP contribution in [0.1, 0.15) is 31.4 Å². The summed E-state index contributed by atoms with van der Waals surface area (Å²) in [7, 11) is 1.85. The van der Waals surface area contributed by atoms with Crippen molar-refractivity contribution in [1.82, 2.24) is 10.6 Å². The Morgan fingerprint density at radius 1 is 1.29 bits per heavy atom. The predicted octanol–water partition coefficient (Wildman–Crippen LogP) is 2.29. The fraction of sp³-hybridized carbons (Fsp3) is 0.462. The molecule has 2 N–H and O–H groups in total. The summed E-state index contributed by atoms with van der Waals surface area (Å²) in [6.07, 6.45) is 1.44. The van der Waals surface area contributed by atoms with Gasteiger partial charge in [-0.15, -0.1) is 12.4 Å². The molecule has 0 aliphatic heterocycles. The van der Waals surface area contributed by atoms with Crippen LogP contribution < -0.4 is 10.6 Å². The topological polar surface area (TPSA) is 41.1 Å². The average Bonchev–Trinajstić information content (AvgIpc) is 2.34. The van der Waals surface area contributed by atoms with E-state index in [-0.39, 0.29) is 24.4 Å². The normalized spacial score (nSPS) is 11.4. The molecule has 0 aliphatic carbocycles. The van der Waals surface area contributed by atoms with Crippen molar-refractivity contribution < 1.29 is 4.79 Å². The molecular formula is C13H21ClN2O. The van der Waals surface area contributed by atoms with Gasteiger partial charge in [0.2, 0.25) is 5.91 Å². The monoisotopic (exact) mass is 256 g/mol. The van der Waals surface area contributed by atoms with Gasteiger partial charge < -0.3 is 10.6 Å². The maximum absolute atomic E-state index is 11.6. The quantitative estimate of drug-likeness (QED) is 0.820. The van der Waals surface area contributed by atoms with E-state index in [1.165, 1.54) is 5.56 Å². The first-order chi connectivity index (χ1) is 7.77. The minimum absolute atomic E-state index is 0. The van der Waals surface area contributed by atoms with Gasteiger partial charge in [0.05, 0.1) is 6.04 Å². The lowest BCUT2D eigenvalue weighted by molar-refractivity contribution is -0.121. The Morgan fingerprint density at radius 2 is 1.94 bits per heavy atom. The maximum atomic E-state index is 11.6. The molecule has 1 rings (SSSR count). The molecule has 3 nitrogen and oxygen atoms in total. The number of hydrogen-bond donors (Lipinski definition) is 2. The number of carbonyl (C=O) groups is 1. The first kappa shape index (κ1) is 15.9. The zero-order valence-electron chi connectivity index (χ0n) is 10.4. The van der Waals surface area contributed by atoms with Crippen LogP contribution in [-0.2, 0) is 4.79 Å². The molecule has 1 unspecified atom stereocenters. The third-order valence-corrected chi connectivity index (χ3v) is 2.55. The van der Waals surface area contributed by atoms with Crippen molar-refractivity contribution in [3.63, 3.8) is 0 Å². The van der Waals surface area contributed by atoms with E-state index in [2.05, 4.69) is 17.6 Å². The van der Waals surface area contributed by atoms with Gasteiger partial charge in [0.15, 0.2) is 0 Å². The molecule has 0 radical (unpaired) electrons. The number of amides is 1. The molecule has 0 bridgehead atoms. The molecule has 1 amide bonds. The van der Waals surface area contributed by atoms with Crippen molar-refractivity contribution in [3.8, 4) is 0 Å². The molecular weight excluding hydrogens is 236 g/mol. The Hall–Kier alpha value is -1.06. The Labute approximate surface area is 109 Å². The van der Waals surface area contributed by atoms with Crippen LogP contribution in [0.5, 0.6) is 0 Å². The van der Waals surface area contributed by atoms with E-state index in [0.29, 0.717) is 6.42 Å². The summed E-state index contributed by atoms with van der Waals surface area (Å²) in [5.41, 5.74) is 1.17. The molecule has 17 heavy (non-hydrogen) atoms. The van der Waals surface area contributed by atoms with Crippen LogP contribution in [0.15, 0.2) is 30.3 Å². The highest BCUT2D eigenvalue weighted by molar-refractivity contribution is 5.85. The van der Waals surface area contributed by atoms with Crippen molar-refractivity contribution in [3.05, 3.63) is 35.9 Å². The van der Waals surface area contributed by atoms with Crippen molar-refractivity contribution in [2.24, 2.45) is 0 Å². The molecule has 0 heterocycles. The summed E-state index contributed by atoms with van der Waals surface area (Å²) in [6, 6.07) is 10.2. The molecule has 0 saturated carbocycles. The van der Waals surface area contributed by atoms with Gasteiger partial charge in [-0.2, -0.15) is 0 Å². The number of rotatable bonds is 6. The number of hydrogen-bond acceptors (Lipinski definition) is 2. The van der Waals surface area contributed by atoms with Crippen LogP contribution in [-0.4, -0.2) is 19.5 Å².